The normalized spacial score (nSPS) is 11.6. The second kappa shape index (κ2) is 8.97. The zero-order chi connectivity index (χ0) is 21.9. The number of aromatic nitrogens is 2. The molecule has 30 heavy (non-hydrogen) atoms. The van der Waals surface area contributed by atoms with Gasteiger partial charge in [0.1, 0.15) is 0 Å². The van der Waals surface area contributed by atoms with Gasteiger partial charge in [-0.1, -0.05) is 17.8 Å². The number of anilines is 1. The molecular formula is C20H19F2N3O3S2. The topological polar surface area (TPSA) is 81.1 Å². The van der Waals surface area contributed by atoms with Crippen molar-refractivity contribution in [2.45, 2.75) is 29.7 Å². The molecule has 1 N–H and O–H groups in total. The molecule has 158 valence electrons. The summed E-state index contributed by atoms with van der Waals surface area (Å²) in [5.74, 6) is -3.76. The Morgan fingerprint density at radius 1 is 1.13 bits per heavy atom. The Morgan fingerprint density at radius 3 is 2.47 bits per heavy atom. The van der Waals surface area contributed by atoms with E-state index in [1.54, 1.807) is 6.20 Å². The highest BCUT2D eigenvalue weighted by Crippen LogP contribution is 2.23. The Bertz CT molecular complexity index is 1160. The van der Waals surface area contributed by atoms with Gasteiger partial charge in [0.2, 0.25) is 15.7 Å². The third-order valence-corrected chi connectivity index (χ3v) is 6.77. The van der Waals surface area contributed by atoms with Crippen LogP contribution in [0, 0.1) is 13.8 Å². The molecule has 6 nitrogen and oxygen atoms in total. The molecule has 0 radical (unpaired) electrons. The minimum absolute atomic E-state index is 0.0684. The summed E-state index contributed by atoms with van der Waals surface area (Å²) < 4.78 is 49.9. The molecule has 0 spiro atoms. The van der Waals surface area contributed by atoms with Crippen molar-refractivity contribution in [2.75, 3.05) is 11.1 Å². The molecule has 0 saturated carbocycles. The number of thioether (sulfide) groups is 1. The molecule has 0 aliphatic carbocycles. The van der Waals surface area contributed by atoms with Crippen molar-refractivity contribution in [3.05, 3.63) is 66.0 Å². The largest absolute Gasteiger partial charge is 0.341 e. The van der Waals surface area contributed by atoms with Gasteiger partial charge in [0.25, 0.3) is 0 Å². The number of amides is 1. The summed E-state index contributed by atoms with van der Waals surface area (Å²) in [5.41, 5.74) is 3.58. The van der Waals surface area contributed by atoms with Gasteiger partial charge in [-0.3, -0.25) is 9.36 Å². The lowest BCUT2D eigenvalue weighted by molar-refractivity contribution is -0.113. The number of hydrogen-bond acceptors (Lipinski definition) is 5. The fourth-order valence-electron chi connectivity index (χ4n) is 2.63. The van der Waals surface area contributed by atoms with Crippen molar-refractivity contribution in [1.29, 1.82) is 0 Å². The van der Waals surface area contributed by atoms with Crippen molar-refractivity contribution in [1.82, 2.24) is 9.55 Å². The summed E-state index contributed by atoms with van der Waals surface area (Å²) in [6, 6.07) is 10.7. The SMILES string of the molecule is Cc1ccc(-n2ccnc2SCC(=O)Nc2ccc(S(=O)(=O)C(F)F)cc2)cc1C. The number of carbonyl (C=O) groups excluding carboxylic acids is 1. The highest BCUT2D eigenvalue weighted by molar-refractivity contribution is 7.99. The van der Waals surface area contributed by atoms with Crippen molar-refractivity contribution in [3.8, 4) is 5.69 Å². The van der Waals surface area contributed by atoms with Gasteiger partial charge in [0.15, 0.2) is 5.16 Å². The molecule has 0 saturated heterocycles. The van der Waals surface area contributed by atoms with Crippen LogP contribution in [0.15, 0.2) is 64.9 Å². The third-order valence-electron chi connectivity index (χ3n) is 4.41. The maximum absolute atomic E-state index is 12.6. The molecule has 2 aromatic carbocycles. The highest BCUT2D eigenvalue weighted by atomic mass is 32.2. The Labute approximate surface area is 177 Å². The Balaban J connectivity index is 1.63. The van der Waals surface area contributed by atoms with E-state index in [1.165, 1.54) is 29.5 Å². The molecule has 3 aromatic rings. The average molecular weight is 452 g/mol. The number of benzene rings is 2. The van der Waals surface area contributed by atoms with Crippen molar-refractivity contribution < 1.29 is 22.0 Å². The second-order valence-electron chi connectivity index (χ2n) is 6.52. The number of nitrogens with one attached hydrogen (secondary N) is 1. The Kier molecular flexibility index (Phi) is 6.57. The van der Waals surface area contributed by atoms with Crippen LogP contribution in [0.1, 0.15) is 11.1 Å². The van der Waals surface area contributed by atoms with E-state index < -0.39 is 20.5 Å². The number of alkyl halides is 2. The van der Waals surface area contributed by atoms with Gasteiger partial charge in [0.05, 0.1) is 10.6 Å². The number of hydrogen-bond donors (Lipinski definition) is 1. The van der Waals surface area contributed by atoms with Crippen LogP contribution in [0.2, 0.25) is 0 Å². The molecule has 1 heterocycles. The summed E-state index contributed by atoms with van der Waals surface area (Å²) >= 11 is 1.24. The lowest BCUT2D eigenvalue weighted by Gasteiger charge is -2.10. The molecule has 0 unspecified atom stereocenters. The number of aryl methyl sites for hydroxylation is 2. The molecule has 0 aliphatic rings. The number of sulfone groups is 1. The summed E-state index contributed by atoms with van der Waals surface area (Å²) in [6.07, 6.45) is 3.46. The fraction of sp³-hybridized carbons (Fsp3) is 0.200. The predicted octanol–water partition coefficient (Wildman–Crippen LogP) is 4.22. The molecule has 1 aromatic heterocycles. The van der Waals surface area contributed by atoms with Gasteiger partial charge in [-0.25, -0.2) is 13.4 Å². The van der Waals surface area contributed by atoms with Crippen LogP contribution in [0.25, 0.3) is 5.69 Å². The molecule has 3 rings (SSSR count). The van der Waals surface area contributed by atoms with Gasteiger partial charge in [-0.05, 0) is 61.4 Å². The van der Waals surface area contributed by atoms with Crippen LogP contribution in [0.4, 0.5) is 14.5 Å². The number of nitrogens with zero attached hydrogens (tertiary/aromatic N) is 2. The van der Waals surface area contributed by atoms with E-state index in [4.69, 9.17) is 0 Å². The van der Waals surface area contributed by atoms with E-state index in [0.29, 0.717) is 10.8 Å². The van der Waals surface area contributed by atoms with Crippen LogP contribution in [-0.4, -0.2) is 35.4 Å². The van der Waals surface area contributed by atoms with Gasteiger partial charge >= 0.3 is 5.76 Å². The minimum atomic E-state index is -4.66. The summed E-state index contributed by atoms with van der Waals surface area (Å²) in [4.78, 5) is 16.0. The molecule has 0 aliphatic heterocycles. The first-order valence-corrected chi connectivity index (χ1v) is 11.4. The smallest absolute Gasteiger partial charge is 0.325 e. The van der Waals surface area contributed by atoms with Crippen LogP contribution >= 0.6 is 11.8 Å². The van der Waals surface area contributed by atoms with Crippen molar-refractivity contribution in [2.24, 2.45) is 0 Å². The number of halogens is 2. The second-order valence-corrected chi connectivity index (χ2v) is 9.38. The third kappa shape index (κ3) is 4.88. The first-order valence-electron chi connectivity index (χ1n) is 8.84. The van der Waals surface area contributed by atoms with E-state index in [1.807, 2.05) is 42.8 Å². The summed E-state index contributed by atoms with van der Waals surface area (Å²) in [7, 11) is -4.66. The molecule has 10 heteroatoms. The van der Waals surface area contributed by atoms with E-state index >= 15 is 0 Å². The maximum Gasteiger partial charge on any atom is 0.341 e. The summed E-state index contributed by atoms with van der Waals surface area (Å²) in [6.45, 7) is 4.05. The zero-order valence-electron chi connectivity index (χ0n) is 16.2. The predicted molar refractivity (Wildman–Crippen MR) is 112 cm³/mol. The highest BCUT2D eigenvalue weighted by Gasteiger charge is 2.26. The van der Waals surface area contributed by atoms with Gasteiger partial charge in [0, 0.05) is 23.8 Å². The first-order chi connectivity index (χ1) is 14.2. The average Bonchev–Trinajstić information content (AvgIpc) is 3.17. The monoisotopic (exact) mass is 451 g/mol. The number of rotatable bonds is 7. The molecule has 0 atom stereocenters. The molecular weight excluding hydrogens is 432 g/mol. The van der Waals surface area contributed by atoms with Crippen LogP contribution in [-0.2, 0) is 14.6 Å². The molecule has 1 amide bonds. The van der Waals surface area contributed by atoms with Crippen LogP contribution < -0.4 is 5.32 Å². The van der Waals surface area contributed by atoms with Gasteiger partial charge in [-0.15, -0.1) is 0 Å². The molecule has 0 fully saturated rings. The Hall–Kier alpha value is -2.72. The molecule has 0 bridgehead atoms. The van der Waals surface area contributed by atoms with Crippen molar-refractivity contribution >= 4 is 33.2 Å². The van der Waals surface area contributed by atoms with E-state index in [0.717, 1.165) is 23.4 Å². The van der Waals surface area contributed by atoms with E-state index in [9.17, 15) is 22.0 Å². The standard InChI is InChI=1S/C20H19F2N3O3S2/c1-13-3-6-16(11-14(13)2)25-10-9-23-20(25)29-12-18(26)24-15-4-7-17(8-5-15)30(27,28)19(21)22/h3-11,19H,12H2,1-2H3,(H,24,26). The lowest BCUT2D eigenvalue weighted by Crippen LogP contribution is -2.15. The minimum Gasteiger partial charge on any atom is -0.325 e. The quantitative estimate of drug-likeness (QED) is 0.544. The van der Waals surface area contributed by atoms with Gasteiger partial charge in [-0.2, -0.15) is 8.78 Å². The van der Waals surface area contributed by atoms with E-state index in [-0.39, 0.29) is 11.7 Å². The lowest BCUT2D eigenvalue weighted by atomic mass is 10.1. The maximum atomic E-state index is 12.6. The van der Waals surface area contributed by atoms with Crippen molar-refractivity contribution in [3.63, 3.8) is 0 Å². The Morgan fingerprint density at radius 2 is 1.83 bits per heavy atom. The number of imidazole rings is 1. The van der Waals surface area contributed by atoms with E-state index in [2.05, 4.69) is 10.3 Å². The van der Waals surface area contributed by atoms with Gasteiger partial charge < -0.3 is 5.32 Å². The first kappa shape index (κ1) is 22.0. The zero-order valence-corrected chi connectivity index (χ0v) is 17.8. The number of carbonyl (C=O) groups is 1. The van der Waals surface area contributed by atoms with Crippen LogP contribution in [0.3, 0.4) is 0 Å². The fourth-order valence-corrected chi connectivity index (χ4v) is 4.12. The van der Waals surface area contributed by atoms with Crippen LogP contribution in [0.5, 0.6) is 0 Å². The summed E-state index contributed by atoms with van der Waals surface area (Å²) in [5, 5.41) is 3.25.